The molecule has 12 nitrogen and oxygen atoms in total. The number of hydrogen-bond acceptors (Lipinski definition) is 4. The highest BCUT2D eigenvalue weighted by Crippen LogP contribution is 2.23. The molecule has 150 valence electrons. The molecular formula is C20H10N12. The summed E-state index contributed by atoms with van der Waals surface area (Å²) in [5, 5.41) is 19.0. The van der Waals surface area contributed by atoms with E-state index in [1.165, 1.54) is 12.1 Å². The van der Waals surface area contributed by atoms with Crippen LogP contribution in [0.2, 0.25) is 0 Å². The molecule has 0 spiro atoms. The van der Waals surface area contributed by atoms with E-state index in [4.69, 9.17) is 13.1 Å². The predicted molar refractivity (Wildman–Crippen MR) is 115 cm³/mol. The molecule has 5 rings (SSSR count). The highest BCUT2D eigenvalue weighted by molar-refractivity contribution is 5.80. The van der Waals surface area contributed by atoms with Crippen molar-refractivity contribution in [3.63, 3.8) is 0 Å². The van der Waals surface area contributed by atoms with Crippen molar-refractivity contribution in [2.75, 3.05) is 0 Å². The zero-order chi connectivity index (χ0) is 22.2. The van der Waals surface area contributed by atoms with E-state index in [0.717, 1.165) is 0 Å². The van der Waals surface area contributed by atoms with Crippen LogP contribution in [0.4, 0.5) is 11.4 Å². The first kappa shape index (κ1) is 18.3. The molecule has 6 N–H and O–H groups in total. The van der Waals surface area contributed by atoms with Crippen LogP contribution >= 0.6 is 0 Å². The first-order chi connectivity index (χ1) is 15.6. The summed E-state index contributed by atoms with van der Waals surface area (Å²) in [6, 6.07) is 10.3. The van der Waals surface area contributed by atoms with Crippen molar-refractivity contribution in [2.45, 2.75) is 0 Å². The Morgan fingerprint density at radius 3 is 1.97 bits per heavy atom. The molecule has 0 saturated carbocycles. The molecule has 0 saturated heterocycles. The molecule has 0 aliphatic rings. The van der Waals surface area contributed by atoms with Gasteiger partial charge in [-0.15, -0.1) is 0 Å². The van der Waals surface area contributed by atoms with Gasteiger partial charge in [0.15, 0.2) is 5.65 Å². The number of nitrogens with zero attached hydrogens (tertiary/aromatic N) is 6. The van der Waals surface area contributed by atoms with Gasteiger partial charge in [0.05, 0.1) is 35.6 Å². The van der Waals surface area contributed by atoms with E-state index in [9.17, 15) is 10.5 Å². The van der Waals surface area contributed by atoms with Gasteiger partial charge in [-0.2, -0.15) is 10.5 Å². The Morgan fingerprint density at radius 1 is 0.656 bits per heavy atom. The third kappa shape index (κ3) is 3.00. The van der Waals surface area contributed by atoms with Gasteiger partial charge in [0.25, 0.3) is 0 Å². The fourth-order valence-corrected chi connectivity index (χ4v) is 3.23. The van der Waals surface area contributed by atoms with Crippen LogP contribution in [0.5, 0.6) is 0 Å². The minimum atomic E-state index is 0.250. The summed E-state index contributed by atoms with van der Waals surface area (Å²) in [5.41, 5.74) is 3.94. The Morgan fingerprint density at radius 2 is 1.25 bits per heavy atom. The third-order valence-electron chi connectivity index (χ3n) is 4.63. The lowest BCUT2D eigenvalue weighted by Crippen LogP contribution is -1.79. The topological polar surface area (TPSA) is 177 Å². The van der Waals surface area contributed by atoms with E-state index in [1.807, 2.05) is 0 Å². The Balaban J connectivity index is 2.00. The second-order valence-electron chi connectivity index (χ2n) is 6.64. The molecule has 12 heteroatoms. The van der Waals surface area contributed by atoms with Gasteiger partial charge in [0, 0.05) is 12.1 Å². The quantitative estimate of drug-likeness (QED) is 0.207. The highest BCUT2D eigenvalue weighted by Gasteiger charge is 2.08. The molecule has 0 unspecified atom stereocenters. The summed E-state index contributed by atoms with van der Waals surface area (Å²) in [5.74, 6) is 0. The number of rotatable bonds is 0. The summed E-state index contributed by atoms with van der Waals surface area (Å²) >= 11 is 0. The van der Waals surface area contributed by atoms with Crippen LogP contribution in [0.3, 0.4) is 0 Å². The summed E-state index contributed by atoms with van der Waals surface area (Å²) in [6.07, 6.45) is 0. The van der Waals surface area contributed by atoms with Crippen molar-refractivity contribution in [2.24, 2.45) is 0 Å². The molecule has 0 aliphatic carbocycles. The van der Waals surface area contributed by atoms with E-state index in [1.54, 1.807) is 12.1 Å². The molecule has 0 atom stereocenters. The summed E-state index contributed by atoms with van der Waals surface area (Å²) in [6.45, 7) is 14.9. The van der Waals surface area contributed by atoms with Crippen LogP contribution in [0.15, 0.2) is 24.3 Å². The van der Waals surface area contributed by atoms with Gasteiger partial charge in [0.1, 0.15) is 40.4 Å². The van der Waals surface area contributed by atoms with Crippen LogP contribution in [-0.4, -0.2) is 39.9 Å². The Bertz CT molecular complexity index is 1560. The maximum atomic E-state index is 9.49. The first-order valence-corrected chi connectivity index (χ1v) is 9.05. The Kier molecular flexibility index (Phi) is 3.98. The Labute approximate surface area is 177 Å². The average molecular weight is 418 g/mol. The lowest BCUT2D eigenvalue weighted by molar-refractivity contribution is 1.27. The monoisotopic (exact) mass is 418 g/mol. The Hall–Kier alpha value is -5.72. The standard InChI is InChI=1S/C20H10N12/c1-23-11-5-15-28-18-9(7-21)3-13(26-18)25-17-10(8-22)4-14(27-17)29-19-12(24-2)6-16(31-19)32-20(11)30-15/h3-6,26,28,30-32H,(H,25,27,29). The minimum absolute atomic E-state index is 0.250. The van der Waals surface area contributed by atoms with Crippen LogP contribution in [0.25, 0.3) is 54.9 Å². The van der Waals surface area contributed by atoms with Gasteiger partial charge < -0.3 is 29.9 Å². The second-order valence-corrected chi connectivity index (χ2v) is 6.64. The second kappa shape index (κ2) is 6.96. The predicted octanol–water partition coefficient (Wildman–Crippen LogP) is 4.15. The van der Waals surface area contributed by atoms with Crippen LogP contribution in [0.1, 0.15) is 11.1 Å². The van der Waals surface area contributed by atoms with Crippen molar-refractivity contribution in [3.8, 4) is 12.1 Å². The first-order valence-electron chi connectivity index (χ1n) is 9.05. The molecule has 0 amide bonds. The fourth-order valence-electron chi connectivity index (χ4n) is 3.23. The highest BCUT2D eigenvalue weighted by atomic mass is 15.0. The summed E-state index contributed by atoms with van der Waals surface area (Å²) in [7, 11) is 0. The number of nitriles is 2. The maximum Gasteiger partial charge on any atom is 0.232 e. The van der Waals surface area contributed by atoms with Crippen LogP contribution in [-0.2, 0) is 0 Å². The molecule has 0 aromatic carbocycles. The maximum absolute atomic E-state index is 9.49. The number of H-pyrrole nitrogens is 6. The van der Waals surface area contributed by atoms with Gasteiger partial charge in [-0.1, -0.05) is 0 Å². The van der Waals surface area contributed by atoms with E-state index < -0.39 is 0 Å². The molecule has 32 heavy (non-hydrogen) atoms. The van der Waals surface area contributed by atoms with Crippen molar-refractivity contribution in [3.05, 3.63) is 58.2 Å². The van der Waals surface area contributed by atoms with Crippen molar-refractivity contribution >= 4 is 56.6 Å². The number of fused-ring (bicyclic) bond motifs is 8. The molecule has 0 radical (unpaired) electrons. The smallest absolute Gasteiger partial charge is 0.232 e. The number of nitrogens with one attached hydrogen (secondary N) is 6. The molecule has 0 aliphatic heterocycles. The zero-order valence-corrected chi connectivity index (χ0v) is 16.0. The molecular weight excluding hydrogens is 408 g/mol. The lowest BCUT2D eigenvalue weighted by atomic mass is 10.3. The average Bonchev–Trinajstić information content (AvgIpc) is 3.54. The zero-order valence-electron chi connectivity index (χ0n) is 16.0. The van der Waals surface area contributed by atoms with E-state index in [-0.39, 0.29) is 22.5 Å². The largest absolute Gasteiger partial charge is 0.338 e. The minimum Gasteiger partial charge on any atom is -0.338 e. The van der Waals surface area contributed by atoms with Gasteiger partial charge in [-0.05, 0) is 12.1 Å². The summed E-state index contributed by atoms with van der Waals surface area (Å²) < 4.78 is 0. The molecule has 5 aromatic rings. The lowest BCUT2D eigenvalue weighted by Gasteiger charge is -1.87. The molecule has 0 fully saturated rings. The number of aromatic nitrogens is 8. The van der Waals surface area contributed by atoms with Crippen molar-refractivity contribution < 1.29 is 0 Å². The van der Waals surface area contributed by atoms with Crippen molar-refractivity contribution in [1.82, 2.24) is 39.9 Å². The van der Waals surface area contributed by atoms with Gasteiger partial charge in [-0.3, -0.25) is 0 Å². The van der Waals surface area contributed by atoms with Gasteiger partial charge in [0.2, 0.25) is 11.4 Å². The number of aromatic amines is 6. The fraction of sp³-hybridized carbons (Fsp3) is 0. The van der Waals surface area contributed by atoms with E-state index in [2.05, 4.69) is 61.7 Å². The SMILES string of the molecule is [C-]#[N+]c1cc2[nH]c1nc1cc(C#N)c(nc3cc(C#N)c([nH]3)[nH]c3cc([N+]#[C-])c([nH]2)[nH]3)[nH]1. The molecule has 5 aromatic heterocycles. The molecule has 8 bridgehead atoms. The van der Waals surface area contributed by atoms with Gasteiger partial charge >= 0.3 is 0 Å². The number of hydrogen-bond donors (Lipinski definition) is 6. The van der Waals surface area contributed by atoms with Crippen LogP contribution in [0, 0.1) is 35.8 Å². The summed E-state index contributed by atoms with van der Waals surface area (Å²) in [4.78, 5) is 33.9. The molecule has 5 heterocycles. The van der Waals surface area contributed by atoms with E-state index >= 15 is 0 Å². The van der Waals surface area contributed by atoms with Crippen molar-refractivity contribution in [1.29, 1.82) is 10.5 Å². The van der Waals surface area contributed by atoms with Crippen LogP contribution < -0.4 is 0 Å². The third-order valence-corrected chi connectivity index (χ3v) is 4.63. The van der Waals surface area contributed by atoms with Gasteiger partial charge in [-0.25, -0.2) is 19.7 Å². The van der Waals surface area contributed by atoms with E-state index in [0.29, 0.717) is 45.1 Å². The normalized spacial score (nSPS) is 10.4.